The van der Waals surface area contributed by atoms with Crippen molar-refractivity contribution in [3.8, 4) is 0 Å². The number of benzene rings is 2. The lowest BCUT2D eigenvalue weighted by Gasteiger charge is -2.19. The highest BCUT2D eigenvalue weighted by atomic mass is 32.2. The van der Waals surface area contributed by atoms with E-state index in [0.29, 0.717) is 6.42 Å². The largest absolute Gasteiger partial charge is 0.271 e. The van der Waals surface area contributed by atoms with Crippen molar-refractivity contribution in [2.45, 2.75) is 45.1 Å². The second kappa shape index (κ2) is 9.61. The van der Waals surface area contributed by atoms with Crippen LogP contribution in [0.1, 0.15) is 37.0 Å². The fourth-order valence-corrected chi connectivity index (χ4v) is 3.86. The summed E-state index contributed by atoms with van der Waals surface area (Å²) in [7, 11) is -3.81. The van der Waals surface area contributed by atoms with Crippen LogP contribution in [0.25, 0.3) is 0 Å². The molecule has 2 rings (SSSR count). The summed E-state index contributed by atoms with van der Waals surface area (Å²) in [6.07, 6.45) is 1.89. The highest BCUT2D eigenvalue weighted by molar-refractivity contribution is 7.89. The number of nitrogens with one attached hydrogen (secondary N) is 2. The highest BCUT2D eigenvalue weighted by Crippen LogP contribution is 2.13. The Bertz CT molecular complexity index is 936. The summed E-state index contributed by atoms with van der Waals surface area (Å²) in [4.78, 5) is 12.7. The Morgan fingerprint density at radius 3 is 2.36 bits per heavy atom. The third kappa shape index (κ3) is 6.58. The number of hydrogen-bond acceptors (Lipinski definition) is 4. The highest BCUT2D eigenvalue weighted by Gasteiger charge is 2.26. The molecule has 0 bridgehead atoms. The lowest BCUT2D eigenvalue weighted by atomic mass is 10.0. The molecule has 7 heteroatoms. The van der Waals surface area contributed by atoms with Gasteiger partial charge in [0, 0.05) is 0 Å². The van der Waals surface area contributed by atoms with Crippen LogP contribution in [-0.4, -0.2) is 26.6 Å². The summed E-state index contributed by atoms with van der Waals surface area (Å²) < 4.78 is 27.8. The lowest BCUT2D eigenvalue weighted by Crippen LogP contribution is -2.46. The van der Waals surface area contributed by atoms with Crippen molar-refractivity contribution in [3.05, 3.63) is 65.2 Å². The van der Waals surface area contributed by atoms with Gasteiger partial charge in [-0.3, -0.25) is 4.79 Å². The molecule has 0 spiro atoms. The van der Waals surface area contributed by atoms with E-state index in [2.05, 4.69) is 15.2 Å². The predicted molar refractivity (Wildman–Crippen MR) is 112 cm³/mol. The monoisotopic (exact) mass is 401 g/mol. The fourth-order valence-electron chi connectivity index (χ4n) is 2.65. The number of carbonyl (C=O) groups is 1. The SMILES string of the molecule is Cc1ccc(S(=O)(=O)N[C@@H](CC(C)C)C(=O)N/N=C\c2cccc(C)c2)cc1. The molecular weight excluding hydrogens is 374 g/mol. The zero-order valence-corrected chi connectivity index (χ0v) is 17.5. The summed E-state index contributed by atoms with van der Waals surface area (Å²) >= 11 is 0. The maximum absolute atomic E-state index is 12.6. The summed E-state index contributed by atoms with van der Waals surface area (Å²) in [5.41, 5.74) is 5.33. The van der Waals surface area contributed by atoms with Crippen LogP contribution in [0.15, 0.2) is 58.5 Å². The van der Waals surface area contributed by atoms with Crippen LogP contribution in [0.2, 0.25) is 0 Å². The van der Waals surface area contributed by atoms with Gasteiger partial charge in [0.25, 0.3) is 5.91 Å². The maximum Gasteiger partial charge on any atom is 0.258 e. The Hall–Kier alpha value is -2.51. The van der Waals surface area contributed by atoms with Gasteiger partial charge in [-0.05, 0) is 43.9 Å². The quantitative estimate of drug-likeness (QED) is 0.526. The molecule has 0 fully saturated rings. The topological polar surface area (TPSA) is 87.6 Å². The van der Waals surface area contributed by atoms with Crippen LogP contribution in [-0.2, 0) is 14.8 Å². The van der Waals surface area contributed by atoms with Gasteiger partial charge in [0.15, 0.2) is 0 Å². The van der Waals surface area contributed by atoms with Gasteiger partial charge in [-0.1, -0.05) is 61.4 Å². The van der Waals surface area contributed by atoms with Gasteiger partial charge in [0.05, 0.1) is 11.1 Å². The number of hydrazone groups is 1. The first-order chi connectivity index (χ1) is 13.2. The van der Waals surface area contributed by atoms with E-state index >= 15 is 0 Å². The van der Waals surface area contributed by atoms with E-state index in [9.17, 15) is 13.2 Å². The molecule has 0 saturated heterocycles. The number of hydrogen-bond donors (Lipinski definition) is 2. The number of nitrogens with zero attached hydrogens (tertiary/aromatic N) is 1. The fraction of sp³-hybridized carbons (Fsp3) is 0.333. The van der Waals surface area contributed by atoms with Gasteiger partial charge in [0.2, 0.25) is 10.0 Å². The number of carbonyl (C=O) groups excluding carboxylic acids is 1. The van der Waals surface area contributed by atoms with Crippen LogP contribution in [0.5, 0.6) is 0 Å². The molecule has 2 N–H and O–H groups in total. The Morgan fingerprint density at radius 2 is 1.75 bits per heavy atom. The molecule has 1 atom stereocenters. The lowest BCUT2D eigenvalue weighted by molar-refractivity contribution is -0.123. The molecule has 0 aliphatic heterocycles. The first-order valence-electron chi connectivity index (χ1n) is 9.16. The van der Waals surface area contributed by atoms with E-state index in [1.807, 2.05) is 52.0 Å². The smallest absolute Gasteiger partial charge is 0.258 e. The second-order valence-corrected chi connectivity index (χ2v) is 8.98. The molecule has 0 aliphatic carbocycles. The van der Waals surface area contributed by atoms with Gasteiger partial charge in [-0.2, -0.15) is 9.82 Å². The van der Waals surface area contributed by atoms with Gasteiger partial charge in [-0.25, -0.2) is 13.8 Å². The first kappa shape index (κ1) is 21.8. The third-order valence-electron chi connectivity index (χ3n) is 4.08. The summed E-state index contributed by atoms with van der Waals surface area (Å²) in [6, 6.07) is 13.2. The zero-order chi connectivity index (χ0) is 20.7. The number of sulfonamides is 1. The Labute approximate surface area is 167 Å². The van der Waals surface area contributed by atoms with Crippen LogP contribution < -0.4 is 10.1 Å². The zero-order valence-electron chi connectivity index (χ0n) is 16.6. The number of amides is 1. The van der Waals surface area contributed by atoms with Crippen molar-refractivity contribution in [3.63, 3.8) is 0 Å². The molecule has 0 heterocycles. The van der Waals surface area contributed by atoms with Crippen molar-refractivity contribution < 1.29 is 13.2 Å². The Morgan fingerprint density at radius 1 is 1.07 bits per heavy atom. The van der Waals surface area contributed by atoms with E-state index in [0.717, 1.165) is 16.7 Å². The van der Waals surface area contributed by atoms with E-state index in [1.165, 1.54) is 18.3 Å². The van der Waals surface area contributed by atoms with Crippen molar-refractivity contribution in [1.29, 1.82) is 0 Å². The Kier molecular flexibility index (Phi) is 7.48. The molecule has 28 heavy (non-hydrogen) atoms. The molecule has 2 aromatic rings. The van der Waals surface area contributed by atoms with Gasteiger partial charge in [-0.15, -0.1) is 0 Å². The molecule has 2 aromatic carbocycles. The number of aryl methyl sites for hydroxylation is 2. The molecule has 0 aromatic heterocycles. The van der Waals surface area contributed by atoms with E-state index in [4.69, 9.17) is 0 Å². The molecule has 0 unspecified atom stereocenters. The average Bonchev–Trinajstić information content (AvgIpc) is 2.61. The van der Waals surface area contributed by atoms with Crippen molar-refractivity contribution in [1.82, 2.24) is 10.1 Å². The van der Waals surface area contributed by atoms with E-state index in [-0.39, 0.29) is 10.8 Å². The van der Waals surface area contributed by atoms with Gasteiger partial charge >= 0.3 is 0 Å². The maximum atomic E-state index is 12.6. The standard InChI is InChI=1S/C21H27N3O3S/c1-15(2)12-20(24-28(26,27)19-10-8-16(3)9-11-19)21(25)23-22-14-18-7-5-6-17(4)13-18/h5-11,13-15,20,24H,12H2,1-4H3,(H,23,25)/b22-14-/t20-/m0/s1. The third-order valence-corrected chi connectivity index (χ3v) is 5.57. The molecule has 1 amide bonds. The summed E-state index contributed by atoms with van der Waals surface area (Å²) in [5, 5.41) is 3.97. The summed E-state index contributed by atoms with van der Waals surface area (Å²) in [6.45, 7) is 7.70. The minimum atomic E-state index is -3.81. The van der Waals surface area contributed by atoms with Crippen molar-refractivity contribution >= 4 is 22.1 Å². The normalized spacial score (nSPS) is 13.0. The van der Waals surface area contributed by atoms with Crippen LogP contribution >= 0.6 is 0 Å². The van der Waals surface area contributed by atoms with Crippen molar-refractivity contribution in [2.75, 3.05) is 0 Å². The minimum Gasteiger partial charge on any atom is -0.271 e. The van der Waals surface area contributed by atoms with Crippen LogP contribution in [0.4, 0.5) is 0 Å². The molecule has 0 radical (unpaired) electrons. The molecule has 0 aliphatic rings. The molecule has 0 saturated carbocycles. The minimum absolute atomic E-state index is 0.122. The van der Waals surface area contributed by atoms with E-state index < -0.39 is 22.0 Å². The average molecular weight is 402 g/mol. The van der Waals surface area contributed by atoms with Crippen molar-refractivity contribution in [2.24, 2.45) is 11.0 Å². The summed E-state index contributed by atoms with van der Waals surface area (Å²) in [5.74, 6) is -0.370. The van der Waals surface area contributed by atoms with Crippen LogP contribution in [0, 0.1) is 19.8 Å². The molecule has 6 nitrogen and oxygen atoms in total. The van der Waals surface area contributed by atoms with Gasteiger partial charge < -0.3 is 0 Å². The van der Waals surface area contributed by atoms with E-state index in [1.54, 1.807) is 12.1 Å². The predicted octanol–water partition coefficient (Wildman–Crippen LogP) is 3.15. The van der Waals surface area contributed by atoms with Gasteiger partial charge in [0.1, 0.15) is 6.04 Å². The first-order valence-corrected chi connectivity index (χ1v) is 10.6. The molecule has 150 valence electrons. The second-order valence-electron chi connectivity index (χ2n) is 7.26. The molecular formula is C21H27N3O3S. The number of rotatable bonds is 8. The Balaban J connectivity index is 2.11. The van der Waals surface area contributed by atoms with Crippen LogP contribution in [0.3, 0.4) is 0 Å².